The standard InChI is InChI=1S/C19H17ClN2O3/c1-2-24-19(23)13-25-18-12-17(14-8-10-15(20)11-9-14)22(21-18)16-6-4-3-5-7-16/h3-12H,2,13H2,1H3. The lowest BCUT2D eigenvalue weighted by Crippen LogP contribution is -2.14. The molecule has 0 unspecified atom stereocenters. The van der Waals surface area contributed by atoms with Crippen LogP contribution in [0.15, 0.2) is 60.7 Å². The quantitative estimate of drug-likeness (QED) is 0.623. The second kappa shape index (κ2) is 7.85. The van der Waals surface area contributed by atoms with Crippen molar-refractivity contribution in [3.63, 3.8) is 0 Å². The number of carbonyl (C=O) groups is 1. The summed E-state index contributed by atoms with van der Waals surface area (Å²) in [6.07, 6.45) is 0. The van der Waals surface area contributed by atoms with Gasteiger partial charge < -0.3 is 9.47 Å². The Hall–Kier alpha value is -2.79. The SMILES string of the molecule is CCOC(=O)COc1cc(-c2ccc(Cl)cc2)n(-c2ccccc2)n1. The van der Waals surface area contributed by atoms with Crippen molar-refractivity contribution in [1.29, 1.82) is 0 Å². The highest BCUT2D eigenvalue weighted by Crippen LogP contribution is 2.28. The lowest BCUT2D eigenvalue weighted by atomic mass is 10.1. The highest BCUT2D eigenvalue weighted by Gasteiger charge is 2.14. The number of ether oxygens (including phenoxy) is 2. The van der Waals surface area contributed by atoms with E-state index in [4.69, 9.17) is 21.1 Å². The second-order valence-electron chi connectivity index (χ2n) is 5.22. The van der Waals surface area contributed by atoms with E-state index in [1.54, 1.807) is 17.7 Å². The zero-order valence-corrected chi connectivity index (χ0v) is 14.4. The van der Waals surface area contributed by atoms with Crippen LogP contribution in [-0.2, 0) is 9.53 Å². The van der Waals surface area contributed by atoms with Gasteiger partial charge in [0.2, 0.25) is 5.88 Å². The van der Waals surface area contributed by atoms with Crippen molar-refractivity contribution in [2.45, 2.75) is 6.92 Å². The third kappa shape index (κ3) is 4.19. The van der Waals surface area contributed by atoms with Crippen LogP contribution in [0, 0.1) is 0 Å². The maximum atomic E-state index is 11.5. The van der Waals surface area contributed by atoms with Crippen molar-refractivity contribution in [1.82, 2.24) is 9.78 Å². The van der Waals surface area contributed by atoms with Gasteiger partial charge in [0.25, 0.3) is 0 Å². The second-order valence-corrected chi connectivity index (χ2v) is 5.65. The van der Waals surface area contributed by atoms with Crippen LogP contribution in [0.1, 0.15) is 6.92 Å². The fraction of sp³-hybridized carbons (Fsp3) is 0.158. The van der Waals surface area contributed by atoms with Gasteiger partial charge in [-0.05, 0) is 31.2 Å². The summed E-state index contributed by atoms with van der Waals surface area (Å²) in [5.74, 6) is -0.0772. The molecule has 3 rings (SSSR count). The molecule has 0 aliphatic heterocycles. The van der Waals surface area contributed by atoms with E-state index < -0.39 is 5.97 Å². The molecule has 2 aromatic carbocycles. The molecule has 6 heteroatoms. The number of para-hydroxylation sites is 1. The molecule has 1 aromatic heterocycles. The number of benzene rings is 2. The number of halogens is 1. The van der Waals surface area contributed by atoms with Gasteiger partial charge in [-0.3, -0.25) is 0 Å². The maximum absolute atomic E-state index is 11.5. The van der Waals surface area contributed by atoms with E-state index in [0.29, 0.717) is 17.5 Å². The fourth-order valence-electron chi connectivity index (χ4n) is 2.36. The molecule has 0 amide bonds. The van der Waals surface area contributed by atoms with Crippen LogP contribution < -0.4 is 4.74 Å². The number of esters is 1. The molecule has 0 N–H and O–H groups in total. The average Bonchev–Trinajstić information content (AvgIpc) is 3.06. The zero-order valence-electron chi connectivity index (χ0n) is 13.7. The molecule has 0 aliphatic carbocycles. The van der Waals surface area contributed by atoms with Crippen LogP contribution in [0.25, 0.3) is 16.9 Å². The number of aromatic nitrogens is 2. The van der Waals surface area contributed by atoms with E-state index in [1.807, 2.05) is 54.6 Å². The van der Waals surface area contributed by atoms with Gasteiger partial charge in [-0.2, -0.15) is 0 Å². The average molecular weight is 357 g/mol. The van der Waals surface area contributed by atoms with Crippen LogP contribution in [-0.4, -0.2) is 29.0 Å². The minimum absolute atomic E-state index is 0.181. The molecule has 0 bridgehead atoms. The first-order chi connectivity index (χ1) is 12.2. The molecule has 0 atom stereocenters. The largest absolute Gasteiger partial charge is 0.465 e. The predicted molar refractivity (Wildman–Crippen MR) is 96.1 cm³/mol. The summed E-state index contributed by atoms with van der Waals surface area (Å²) in [5, 5.41) is 5.13. The van der Waals surface area contributed by atoms with Gasteiger partial charge >= 0.3 is 5.97 Å². The molecule has 128 valence electrons. The molecule has 0 fully saturated rings. The Morgan fingerprint density at radius 1 is 1.12 bits per heavy atom. The highest BCUT2D eigenvalue weighted by molar-refractivity contribution is 6.30. The summed E-state index contributed by atoms with van der Waals surface area (Å²) in [5.41, 5.74) is 2.66. The van der Waals surface area contributed by atoms with Crippen LogP contribution in [0.3, 0.4) is 0 Å². The zero-order chi connectivity index (χ0) is 17.6. The Kier molecular flexibility index (Phi) is 5.36. The Bertz CT molecular complexity index is 845. The van der Waals surface area contributed by atoms with E-state index in [1.165, 1.54) is 0 Å². The predicted octanol–water partition coefficient (Wildman–Crippen LogP) is 4.13. The van der Waals surface area contributed by atoms with Gasteiger partial charge in [-0.1, -0.05) is 41.9 Å². The van der Waals surface area contributed by atoms with Gasteiger partial charge in [0.1, 0.15) is 0 Å². The Balaban J connectivity index is 1.94. The van der Waals surface area contributed by atoms with Crippen molar-refractivity contribution in [3.05, 3.63) is 65.7 Å². The lowest BCUT2D eigenvalue weighted by Gasteiger charge is -2.07. The minimum Gasteiger partial charge on any atom is -0.465 e. The first-order valence-electron chi connectivity index (χ1n) is 7.87. The lowest BCUT2D eigenvalue weighted by molar-refractivity contribution is -0.145. The first kappa shape index (κ1) is 17.0. The summed E-state index contributed by atoms with van der Waals surface area (Å²) in [7, 11) is 0. The molecule has 3 aromatic rings. The third-order valence-electron chi connectivity index (χ3n) is 3.47. The minimum atomic E-state index is -0.426. The number of hydrogen-bond donors (Lipinski definition) is 0. The topological polar surface area (TPSA) is 53.4 Å². The molecule has 0 radical (unpaired) electrons. The van der Waals surface area contributed by atoms with Crippen molar-refractivity contribution in [2.24, 2.45) is 0 Å². The van der Waals surface area contributed by atoms with E-state index in [0.717, 1.165) is 16.9 Å². The first-order valence-corrected chi connectivity index (χ1v) is 8.25. The Morgan fingerprint density at radius 2 is 1.84 bits per heavy atom. The molecule has 0 saturated carbocycles. The van der Waals surface area contributed by atoms with Crippen LogP contribution in [0.2, 0.25) is 5.02 Å². The van der Waals surface area contributed by atoms with Crippen LogP contribution in [0.5, 0.6) is 5.88 Å². The molecular formula is C19H17ClN2O3. The van der Waals surface area contributed by atoms with Crippen LogP contribution >= 0.6 is 11.6 Å². The number of rotatable bonds is 6. The van der Waals surface area contributed by atoms with Gasteiger partial charge in [0.05, 0.1) is 18.0 Å². The van der Waals surface area contributed by atoms with E-state index in [9.17, 15) is 4.79 Å². The van der Waals surface area contributed by atoms with E-state index in [2.05, 4.69) is 5.10 Å². The monoisotopic (exact) mass is 356 g/mol. The van der Waals surface area contributed by atoms with E-state index in [-0.39, 0.29) is 6.61 Å². The van der Waals surface area contributed by atoms with Crippen LogP contribution in [0.4, 0.5) is 0 Å². The van der Waals surface area contributed by atoms with Gasteiger partial charge in [0.15, 0.2) is 6.61 Å². The number of hydrogen-bond acceptors (Lipinski definition) is 4. The molecule has 1 heterocycles. The number of carbonyl (C=O) groups excluding carboxylic acids is 1. The van der Waals surface area contributed by atoms with E-state index >= 15 is 0 Å². The van der Waals surface area contributed by atoms with Gasteiger partial charge in [0, 0.05) is 16.7 Å². The highest BCUT2D eigenvalue weighted by atomic mass is 35.5. The molecule has 5 nitrogen and oxygen atoms in total. The molecular weight excluding hydrogens is 340 g/mol. The van der Waals surface area contributed by atoms with Crippen molar-refractivity contribution >= 4 is 17.6 Å². The third-order valence-corrected chi connectivity index (χ3v) is 3.72. The maximum Gasteiger partial charge on any atom is 0.344 e. The summed E-state index contributed by atoms with van der Waals surface area (Å²) in [6, 6.07) is 18.9. The molecule has 0 aliphatic rings. The summed E-state index contributed by atoms with van der Waals surface area (Å²) < 4.78 is 12.1. The Morgan fingerprint density at radius 3 is 2.52 bits per heavy atom. The number of nitrogens with zero attached hydrogens (tertiary/aromatic N) is 2. The summed E-state index contributed by atoms with van der Waals surface area (Å²) in [4.78, 5) is 11.5. The molecule has 25 heavy (non-hydrogen) atoms. The van der Waals surface area contributed by atoms with Gasteiger partial charge in [-0.15, -0.1) is 5.10 Å². The van der Waals surface area contributed by atoms with Gasteiger partial charge in [-0.25, -0.2) is 9.48 Å². The fourth-order valence-corrected chi connectivity index (χ4v) is 2.48. The van der Waals surface area contributed by atoms with Crippen molar-refractivity contribution in [2.75, 3.05) is 13.2 Å². The summed E-state index contributed by atoms with van der Waals surface area (Å²) in [6.45, 7) is 1.89. The van der Waals surface area contributed by atoms with Crippen molar-refractivity contribution < 1.29 is 14.3 Å². The Labute approximate surface area is 150 Å². The normalized spacial score (nSPS) is 10.5. The molecule has 0 saturated heterocycles. The van der Waals surface area contributed by atoms with Crippen molar-refractivity contribution in [3.8, 4) is 22.8 Å². The molecule has 0 spiro atoms. The summed E-state index contributed by atoms with van der Waals surface area (Å²) >= 11 is 5.98. The smallest absolute Gasteiger partial charge is 0.344 e.